The number of esters is 1. The molecule has 12 aromatic rings. The number of nitrogens with two attached hydrogens (primary N) is 2. The van der Waals surface area contributed by atoms with Crippen LogP contribution in [0.2, 0.25) is 0 Å². The van der Waals surface area contributed by atoms with E-state index in [1.807, 2.05) is 142 Å². The molecule has 0 radical (unpaired) electrons. The van der Waals surface area contributed by atoms with Crippen LogP contribution in [-0.2, 0) is 74.0 Å². The number of methoxy groups -OCH3 is 2. The Kier molecular flexibility index (Phi) is 91.3. The molecule has 49 nitrogen and oxygen atoms in total. The Labute approximate surface area is 891 Å². The van der Waals surface area contributed by atoms with E-state index in [-0.39, 0.29) is 77.1 Å². The van der Waals surface area contributed by atoms with Crippen LogP contribution in [0.3, 0.4) is 0 Å². The van der Waals surface area contributed by atoms with Crippen LogP contribution in [0.15, 0.2) is 279 Å². The number of fused-ring (bicyclic) bond motifs is 6. The maximum absolute atomic E-state index is 10.7. The Morgan fingerprint density at radius 2 is 0.604 bits per heavy atom. The zero-order chi connectivity index (χ0) is 115. The Morgan fingerprint density at radius 3 is 0.779 bits per heavy atom. The number of ketones is 1. The Bertz CT molecular complexity index is 6000. The number of guanidine groups is 1. The first-order valence-corrected chi connectivity index (χ1v) is 56.5. The molecule has 0 fully saturated rings. The highest BCUT2D eigenvalue weighted by atomic mass is 32.2. The lowest BCUT2D eigenvalue weighted by atomic mass is 10.2. The normalized spacial score (nSPS) is 9.58. The monoisotopic (exact) mass is 2340 g/mol. The lowest BCUT2D eigenvalue weighted by molar-refractivity contribution is -0.140. The number of carbonyl (C=O) groups is 3. The number of thiocyanates is 6. The van der Waals surface area contributed by atoms with Crippen molar-refractivity contribution in [2.24, 2.45) is 16.5 Å². The first-order valence-electron chi connectivity index (χ1n) is 39.2. The third-order valence-corrected chi connectivity index (χ3v) is 18.0. The van der Waals surface area contributed by atoms with Crippen LogP contribution in [-0.4, -0.2) is 187 Å². The van der Waals surface area contributed by atoms with Crippen molar-refractivity contribution >= 4 is 246 Å². The Balaban J connectivity index is -0.000000367. The summed E-state index contributed by atoms with van der Waals surface area (Å²) in [7, 11) is -17.8. The average Bonchev–Trinajstić information content (AvgIpc) is 0.876. The summed E-state index contributed by atoms with van der Waals surface area (Å²) in [5, 5.41) is 65.2. The van der Waals surface area contributed by atoms with Crippen molar-refractivity contribution in [2.45, 2.75) is 26.7 Å². The maximum atomic E-state index is 10.7. The fraction of sp³-hybridized carbons (Fsp3) is 0.233. The molecule has 12 rings (SSSR count). The number of Topliss-reactive ketones (excluding diaryl/α,β-unsaturated/α-hetero) is 1. The quantitative estimate of drug-likeness (QED) is 0.00522. The maximum Gasteiger partial charge on any atom is 0.510 e. The second-order valence-electron chi connectivity index (χ2n) is 24.1. The summed E-state index contributed by atoms with van der Waals surface area (Å²) in [6.07, 6.45) is 11.6. The fourth-order valence-electron chi connectivity index (χ4n) is 7.50. The summed E-state index contributed by atoms with van der Waals surface area (Å²) in [6, 6.07) is 63.5. The van der Waals surface area contributed by atoms with Crippen molar-refractivity contribution < 1.29 is 154 Å². The summed E-state index contributed by atoms with van der Waals surface area (Å²) in [6.45, 7) is 0.789. The molecule has 0 atom stereocenters. The number of nitrogens with zero attached hydrogens (tertiary/aromatic N) is 7. The van der Waals surface area contributed by atoms with Gasteiger partial charge in [-0.05, 0) is 206 Å². The molecule has 810 valence electrons. The zero-order valence-electron chi connectivity index (χ0n) is 80.4. The summed E-state index contributed by atoms with van der Waals surface area (Å²) < 4.78 is 116. The zero-order valence-corrected chi connectivity index (χ0v) is 92.3. The predicted octanol–water partition coefficient (Wildman–Crippen LogP) is 15.0. The predicted molar refractivity (Wildman–Crippen MR) is 580 cm³/mol. The van der Waals surface area contributed by atoms with E-state index in [4.69, 9.17) is 131 Å². The molecule has 0 aliphatic rings. The number of hydrogen-bond acceptors (Lipinski definition) is 45. The third-order valence-electron chi connectivity index (χ3n) is 13.2. The van der Waals surface area contributed by atoms with Gasteiger partial charge in [0, 0.05) is 95.5 Å². The standard InChI is InChI=1S/6C9H6O2.C4H9N3O2.C4H10NO4PS.C4H9O5PS.C3H7O7P.C3H7O5P.6C2H3NS.C2H7O4PS/c6*10-9-6-5-7-3-1-2-4-8(7)11-9;1-3(8)9-2-7-4(5)6;1-5-4(11)2-3-9-10(6,7)8;1-8-4(11)2-3-9-10(5,6)7;1-8-3(4)9-2-10-11(5,6)7;1-3(4)2-8-9(5,6)7;6*1-4-2-3;1-8-2-6-7(3,4)5/h6*1-6H;2H2,1H3,(H4,5,6,7);2-3H2,1H3,(H,5,11)(H2,6,7,8);2-3H2,1H3,(H2,5,6,7);2H2,1H3,(H2,5,6,7);2H2,1H3,(H2,5,6,7);6*1H3;2H2,1H3,(H2,3,4,5). The number of thiocarbonyl (C=S) groups is 2. The minimum absolute atomic E-state index is 0.0320. The van der Waals surface area contributed by atoms with Crippen LogP contribution in [0.5, 0.6) is 0 Å². The molecule has 63 heteroatoms. The van der Waals surface area contributed by atoms with E-state index in [0.29, 0.717) is 44.9 Å². The minimum Gasteiger partial charge on any atom is -0.490 e. The molecule has 15 N–H and O–H groups in total. The van der Waals surface area contributed by atoms with Crippen molar-refractivity contribution in [1.82, 2.24) is 5.32 Å². The van der Waals surface area contributed by atoms with E-state index in [2.05, 4.69) is 64.1 Å². The van der Waals surface area contributed by atoms with Crippen LogP contribution >= 0.6 is 146 Å². The lowest BCUT2D eigenvalue weighted by Crippen LogP contribution is -2.23. The number of phosphoric acid groups is 5. The molecule has 6 aromatic carbocycles. The van der Waals surface area contributed by atoms with Gasteiger partial charge in [0.1, 0.15) is 78.5 Å². The van der Waals surface area contributed by atoms with Gasteiger partial charge >= 0.3 is 85.0 Å². The van der Waals surface area contributed by atoms with Gasteiger partial charge in [-0.1, -0.05) is 121 Å². The van der Waals surface area contributed by atoms with E-state index in [1.165, 1.54) is 69.1 Å². The van der Waals surface area contributed by atoms with Gasteiger partial charge in [-0.15, -0.1) is 11.8 Å². The van der Waals surface area contributed by atoms with E-state index >= 15 is 0 Å². The van der Waals surface area contributed by atoms with E-state index in [0.717, 1.165) is 110 Å². The molecular formula is C86H103N10O39P5S9. The van der Waals surface area contributed by atoms with Crippen molar-refractivity contribution in [3.05, 3.63) is 281 Å². The van der Waals surface area contributed by atoms with Gasteiger partial charge < -0.3 is 111 Å². The molecule has 0 spiro atoms. The van der Waals surface area contributed by atoms with Gasteiger partial charge in [0.05, 0.1) is 32.4 Å². The summed E-state index contributed by atoms with van der Waals surface area (Å²) in [4.78, 5) is 179. The minimum atomic E-state index is -4.57. The molecule has 0 saturated heterocycles. The summed E-state index contributed by atoms with van der Waals surface area (Å²) in [5.41, 5.74) is 11.9. The number of benzene rings is 6. The number of hydrogen-bond donors (Lipinski definition) is 13. The van der Waals surface area contributed by atoms with Gasteiger partial charge in [0.2, 0.25) is 6.79 Å². The topological polar surface area (TPSA) is 822 Å². The van der Waals surface area contributed by atoms with Gasteiger partial charge in [0.15, 0.2) is 23.5 Å². The van der Waals surface area contributed by atoms with Crippen LogP contribution in [0.4, 0.5) is 4.79 Å². The van der Waals surface area contributed by atoms with Gasteiger partial charge in [-0.25, -0.2) is 65.9 Å². The van der Waals surface area contributed by atoms with Crippen LogP contribution in [0.25, 0.3) is 65.8 Å². The average molecular weight is 2340 g/mol. The number of nitrogens with one attached hydrogen (secondary N) is 1. The molecule has 0 bridgehead atoms. The molecule has 0 aliphatic heterocycles. The molecule has 6 aromatic heterocycles. The van der Waals surface area contributed by atoms with Gasteiger partial charge in [0.25, 0.3) is 0 Å². The number of carbonyl (C=O) groups excluding carboxylic acids is 3. The molecule has 0 saturated carbocycles. The first kappa shape index (κ1) is 148. The number of ether oxygens (including phenoxy) is 4. The SMILES string of the molecule is CC(=O)COP(=O)(O)O.CC(=O)OCN=C(N)N.CNC(=S)CCOP(=O)(O)O.COC(=O)OCOP(=O)(O)O.COC(=S)CCOP(=O)(O)O.CSC#N.CSC#N.CSC#N.CSC#N.CSC#N.CSC#N.CSCOP(=O)(O)O.O=c1ccc2ccccc2o1.O=c1ccc2ccccc2o1.O=c1ccc2ccccc2o1.O=c1ccc2ccccc2o1.O=c1ccc2ccccc2o1.O=c1ccc2ccccc2o1. The number of para-hydroxylation sites is 6. The van der Waals surface area contributed by atoms with Gasteiger partial charge in [-0.3, -0.25) is 27.7 Å². The highest BCUT2D eigenvalue weighted by Gasteiger charge is 2.17. The van der Waals surface area contributed by atoms with Crippen molar-refractivity contribution in [1.29, 1.82) is 31.6 Å². The third kappa shape index (κ3) is 97.8. The van der Waals surface area contributed by atoms with Gasteiger partial charge in [-0.2, -0.15) is 31.6 Å². The van der Waals surface area contributed by atoms with Crippen LogP contribution < -0.4 is 50.5 Å². The van der Waals surface area contributed by atoms with Crippen LogP contribution in [0, 0.1) is 64.0 Å². The molecule has 149 heavy (non-hydrogen) atoms. The highest BCUT2D eigenvalue weighted by molar-refractivity contribution is 8.04. The second kappa shape index (κ2) is 92.1. The summed E-state index contributed by atoms with van der Waals surface area (Å²) >= 11 is 17.5. The van der Waals surface area contributed by atoms with Crippen molar-refractivity contribution in [3.8, 4) is 32.4 Å². The molecule has 0 aliphatic carbocycles. The van der Waals surface area contributed by atoms with E-state index in [1.54, 1.807) is 124 Å². The Hall–Kier alpha value is -12.0. The van der Waals surface area contributed by atoms with Crippen molar-refractivity contribution in [2.75, 3.05) is 104 Å². The molecular weight excluding hydrogens is 2240 g/mol. The summed E-state index contributed by atoms with van der Waals surface area (Å²) in [5.74, 6) is -0.876. The lowest BCUT2D eigenvalue weighted by Gasteiger charge is -2.04. The number of aliphatic imine (C=N–C) groups is 1. The van der Waals surface area contributed by atoms with E-state index < -0.39 is 70.4 Å². The smallest absolute Gasteiger partial charge is 0.490 e. The molecule has 0 unspecified atom stereocenters. The van der Waals surface area contributed by atoms with Crippen LogP contribution in [0.1, 0.15) is 26.7 Å². The first-order chi connectivity index (χ1) is 70.1. The number of phosphoric ester groups is 5. The fourth-order valence-corrected chi connectivity index (χ4v) is 9.83. The number of thioether (sulfide) groups is 7. The largest absolute Gasteiger partial charge is 0.510 e. The molecule has 6 heterocycles. The van der Waals surface area contributed by atoms with E-state index in [9.17, 15) is 66.0 Å². The Morgan fingerprint density at radius 1 is 0.369 bits per heavy atom. The molecule has 0 amide bonds. The number of nitriles is 6. The highest BCUT2D eigenvalue weighted by Crippen LogP contribution is 2.38. The van der Waals surface area contributed by atoms with Crippen molar-refractivity contribution in [3.63, 3.8) is 0 Å². The number of rotatable bonds is 19. The second-order valence-corrected chi connectivity index (χ2v) is 35.6.